The minimum Gasteiger partial charge on any atom is -0.370 e. The highest BCUT2D eigenvalue weighted by Crippen LogP contribution is 2.08. The van der Waals surface area contributed by atoms with Crippen molar-refractivity contribution in [3.05, 3.63) is 35.4 Å². The van der Waals surface area contributed by atoms with Gasteiger partial charge < -0.3 is 4.74 Å². The van der Waals surface area contributed by atoms with Crippen LogP contribution in [0.4, 0.5) is 8.78 Å². The lowest BCUT2D eigenvalue weighted by molar-refractivity contribution is 0.174. The molecule has 4 heteroatoms. The Bertz CT molecular complexity index is 278. The molecule has 0 unspecified atom stereocenters. The maximum absolute atomic E-state index is 13.0. The van der Waals surface area contributed by atoms with Crippen molar-refractivity contribution < 1.29 is 13.5 Å². The maximum Gasteiger partial charge on any atom is 0.130 e. The van der Waals surface area contributed by atoms with Gasteiger partial charge >= 0.3 is 0 Å². The normalized spacial score (nSPS) is 10.4. The Balaban J connectivity index is 2.56. The van der Waals surface area contributed by atoms with E-state index in [-0.39, 0.29) is 0 Å². The summed E-state index contributed by atoms with van der Waals surface area (Å²) in [6.07, 6.45) is 0. The average Bonchev–Trinajstić information content (AvgIpc) is 2.09. The molecule has 0 aliphatic carbocycles. The Kier molecular flexibility index (Phi) is 3.79. The molecule has 0 aliphatic heterocycles. The van der Waals surface area contributed by atoms with Gasteiger partial charge in [0.05, 0.1) is 6.73 Å². The molecule has 0 heterocycles. The summed E-state index contributed by atoms with van der Waals surface area (Å²) in [7, 11) is 1.54. The van der Waals surface area contributed by atoms with Crippen molar-refractivity contribution in [1.29, 1.82) is 0 Å². The van der Waals surface area contributed by atoms with Gasteiger partial charge in [-0.2, -0.15) is 0 Å². The van der Waals surface area contributed by atoms with E-state index in [1.54, 1.807) is 0 Å². The summed E-state index contributed by atoms with van der Waals surface area (Å²) in [5.41, 5.74) is 0.429. The van der Waals surface area contributed by atoms with Crippen LogP contribution in [0.15, 0.2) is 18.2 Å². The molecular formula is C9H11F2NO. The van der Waals surface area contributed by atoms with Crippen molar-refractivity contribution in [2.24, 2.45) is 0 Å². The van der Waals surface area contributed by atoms with Gasteiger partial charge in [0.25, 0.3) is 0 Å². The van der Waals surface area contributed by atoms with E-state index in [2.05, 4.69) is 5.32 Å². The minimum absolute atomic E-state index is 0.333. The highest BCUT2D eigenvalue weighted by atomic mass is 19.1. The first-order valence-corrected chi connectivity index (χ1v) is 3.87. The van der Waals surface area contributed by atoms with Gasteiger partial charge in [-0.05, 0) is 6.07 Å². The first-order chi connectivity index (χ1) is 6.24. The quantitative estimate of drug-likeness (QED) is 0.571. The summed E-state index contributed by atoms with van der Waals surface area (Å²) < 4.78 is 30.1. The van der Waals surface area contributed by atoms with Crippen LogP contribution in [0.5, 0.6) is 0 Å². The predicted molar refractivity (Wildman–Crippen MR) is 45.1 cm³/mol. The number of rotatable bonds is 4. The molecule has 1 aromatic carbocycles. The molecule has 13 heavy (non-hydrogen) atoms. The van der Waals surface area contributed by atoms with E-state index in [9.17, 15) is 8.78 Å². The number of methoxy groups -OCH3 is 1. The molecule has 0 atom stereocenters. The van der Waals surface area contributed by atoms with E-state index >= 15 is 0 Å². The summed E-state index contributed by atoms with van der Waals surface area (Å²) in [5.74, 6) is -1.10. The minimum atomic E-state index is -0.562. The van der Waals surface area contributed by atoms with Gasteiger partial charge in [0, 0.05) is 25.3 Å². The molecule has 1 aromatic rings. The van der Waals surface area contributed by atoms with Crippen LogP contribution in [0.25, 0.3) is 0 Å². The Morgan fingerprint density at radius 1 is 1.38 bits per heavy atom. The zero-order chi connectivity index (χ0) is 9.68. The molecule has 2 nitrogen and oxygen atoms in total. The van der Waals surface area contributed by atoms with Gasteiger partial charge in [-0.1, -0.05) is 6.07 Å². The number of halogens is 2. The van der Waals surface area contributed by atoms with Crippen molar-refractivity contribution in [3.8, 4) is 0 Å². The molecule has 0 fully saturated rings. The average molecular weight is 187 g/mol. The fourth-order valence-corrected chi connectivity index (χ4v) is 0.953. The number of hydrogen-bond donors (Lipinski definition) is 1. The van der Waals surface area contributed by atoms with Gasteiger partial charge in [-0.3, -0.25) is 5.32 Å². The molecule has 0 aromatic heterocycles. The van der Waals surface area contributed by atoms with Crippen LogP contribution in [-0.2, 0) is 11.3 Å². The standard InChI is InChI=1S/C9H11F2NO/c1-13-6-12-5-7-2-3-8(10)4-9(7)11/h2-4,12H,5-6H2,1H3. The molecule has 0 bridgehead atoms. The maximum atomic E-state index is 13.0. The lowest BCUT2D eigenvalue weighted by Crippen LogP contribution is -2.16. The van der Waals surface area contributed by atoms with Gasteiger partial charge in [-0.25, -0.2) is 8.78 Å². The van der Waals surface area contributed by atoms with E-state index in [0.717, 1.165) is 6.07 Å². The highest BCUT2D eigenvalue weighted by Gasteiger charge is 2.02. The smallest absolute Gasteiger partial charge is 0.130 e. The molecule has 0 amide bonds. The Morgan fingerprint density at radius 3 is 2.77 bits per heavy atom. The number of nitrogens with one attached hydrogen (secondary N) is 1. The van der Waals surface area contributed by atoms with Crippen molar-refractivity contribution in [2.45, 2.75) is 6.54 Å². The Labute approximate surface area is 75.5 Å². The fraction of sp³-hybridized carbons (Fsp3) is 0.333. The van der Waals surface area contributed by atoms with Crippen LogP contribution in [0.1, 0.15) is 5.56 Å². The Morgan fingerprint density at radius 2 is 2.15 bits per heavy atom. The molecule has 1 N–H and O–H groups in total. The zero-order valence-electron chi connectivity index (χ0n) is 7.31. The van der Waals surface area contributed by atoms with Crippen molar-refractivity contribution in [1.82, 2.24) is 5.32 Å². The second-order valence-electron chi connectivity index (χ2n) is 2.60. The number of ether oxygens (including phenoxy) is 1. The second kappa shape index (κ2) is 4.89. The molecular weight excluding hydrogens is 176 g/mol. The fourth-order valence-electron chi connectivity index (χ4n) is 0.953. The van der Waals surface area contributed by atoms with Crippen molar-refractivity contribution in [2.75, 3.05) is 13.8 Å². The van der Waals surface area contributed by atoms with E-state index < -0.39 is 11.6 Å². The van der Waals surface area contributed by atoms with Gasteiger partial charge in [-0.15, -0.1) is 0 Å². The second-order valence-corrected chi connectivity index (χ2v) is 2.60. The van der Waals surface area contributed by atoms with Gasteiger partial charge in [0.15, 0.2) is 0 Å². The van der Waals surface area contributed by atoms with Gasteiger partial charge in [0.1, 0.15) is 11.6 Å². The van der Waals surface area contributed by atoms with E-state index in [1.165, 1.54) is 19.2 Å². The zero-order valence-corrected chi connectivity index (χ0v) is 7.31. The molecule has 1 rings (SSSR count). The van der Waals surface area contributed by atoms with E-state index in [1.807, 2.05) is 0 Å². The van der Waals surface area contributed by atoms with Crippen LogP contribution in [0.2, 0.25) is 0 Å². The predicted octanol–water partition coefficient (Wildman–Crippen LogP) is 1.66. The van der Waals surface area contributed by atoms with E-state index in [4.69, 9.17) is 4.74 Å². The summed E-state index contributed by atoms with van der Waals surface area (Å²) in [4.78, 5) is 0. The van der Waals surface area contributed by atoms with Crippen LogP contribution in [0, 0.1) is 11.6 Å². The SMILES string of the molecule is COCNCc1ccc(F)cc1F. The summed E-state index contributed by atoms with van der Waals surface area (Å²) in [6.45, 7) is 0.677. The van der Waals surface area contributed by atoms with Crippen LogP contribution < -0.4 is 5.32 Å². The first-order valence-electron chi connectivity index (χ1n) is 3.87. The monoisotopic (exact) mass is 187 g/mol. The van der Waals surface area contributed by atoms with Crippen molar-refractivity contribution in [3.63, 3.8) is 0 Å². The third kappa shape index (κ3) is 3.08. The largest absolute Gasteiger partial charge is 0.370 e. The lowest BCUT2D eigenvalue weighted by Gasteiger charge is -2.04. The highest BCUT2D eigenvalue weighted by molar-refractivity contribution is 5.18. The third-order valence-corrected chi connectivity index (χ3v) is 1.58. The lowest BCUT2D eigenvalue weighted by atomic mass is 10.2. The van der Waals surface area contributed by atoms with Gasteiger partial charge in [0.2, 0.25) is 0 Å². The van der Waals surface area contributed by atoms with Crippen LogP contribution in [0.3, 0.4) is 0 Å². The number of benzene rings is 1. The third-order valence-electron chi connectivity index (χ3n) is 1.58. The molecule has 72 valence electrons. The molecule has 0 saturated carbocycles. The Hall–Kier alpha value is -1.00. The first kappa shape index (κ1) is 10.1. The number of hydrogen-bond acceptors (Lipinski definition) is 2. The molecule has 0 spiro atoms. The van der Waals surface area contributed by atoms with E-state index in [0.29, 0.717) is 18.8 Å². The summed E-state index contributed by atoms with van der Waals surface area (Å²) in [6, 6.07) is 3.50. The summed E-state index contributed by atoms with van der Waals surface area (Å²) in [5, 5.41) is 2.83. The topological polar surface area (TPSA) is 21.3 Å². The molecule has 0 saturated heterocycles. The summed E-state index contributed by atoms with van der Waals surface area (Å²) >= 11 is 0. The molecule has 0 radical (unpaired) electrons. The molecule has 0 aliphatic rings. The van der Waals surface area contributed by atoms with Crippen LogP contribution >= 0.6 is 0 Å². The van der Waals surface area contributed by atoms with Crippen LogP contribution in [-0.4, -0.2) is 13.8 Å². The van der Waals surface area contributed by atoms with Crippen molar-refractivity contribution >= 4 is 0 Å².